The molecule has 0 aliphatic carbocycles. The van der Waals surface area contributed by atoms with E-state index in [4.69, 9.17) is 9.47 Å². The normalized spacial score (nSPS) is 20.2. The first-order valence-corrected chi connectivity index (χ1v) is 5.47. The van der Waals surface area contributed by atoms with E-state index < -0.39 is 5.79 Å². The van der Waals surface area contributed by atoms with Crippen molar-refractivity contribution in [2.45, 2.75) is 33.0 Å². The first kappa shape index (κ1) is 10.7. The molecule has 1 aromatic rings. The summed E-state index contributed by atoms with van der Waals surface area (Å²) in [6.45, 7) is 7.76. The molecule has 2 nitrogen and oxygen atoms in total. The lowest BCUT2D eigenvalue weighted by Crippen LogP contribution is -2.35. The van der Waals surface area contributed by atoms with Crippen LogP contribution in [0.15, 0.2) is 18.2 Å². The van der Waals surface area contributed by atoms with E-state index in [1.54, 1.807) is 0 Å². The van der Waals surface area contributed by atoms with Crippen LogP contribution in [-0.4, -0.2) is 13.2 Å². The predicted octanol–water partition coefficient (Wildman–Crippen LogP) is 2.91. The van der Waals surface area contributed by atoms with E-state index in [0.717, 1.165) is 25.2 Å². The Kier molecular flexibility index (Phi) is 2.81. The van der Waals surface area contributed by atoms with Gasteiger partial charge in [0.05, 0.1) is 13.2 Å². The molecular weight excluding hydrogens is 188 g/mol. The molecule has 1 aliphatic heterocycles. The summed E-state index contributed by atoms with van der Waals surface area (Å²) in [6.07, 6.45) is 0.987. The molecule has 1 aliphatic rings. The maximum atomic E-state index is 5.77. The second kappa shape index (κ2) is 3.95. The Bertz CT molecular complexity index is 352. The molecule has 0 amide bonds. The van der Waals surface area contributed by atoms with Crippen molar-refractivity contribution in [3.8, 4) is 0 Å². The molecule has 1 saturated heterocycles. The Balaban J connectivity index is 2.38. The first-order chi connectivity index (χ1) is 7.12. The monoisotopic (exact) mass is 206 g/mol. The molecule has 1 heterocycles. The van der Waals surface area contributed by atoms with Gasteiger partial charge in [-0.3, -0.25) is 0 Å². The third kappa shape index (κ3) is 2.06. The van der Waals surface area contributed by atoms with Gasteiger partial charge >= 0.3 is 0 Å². The summed E-state index contributed by atoms with van der Waals surface area (Å²) in [4.78, 5) is 0. The number of benzene rings is 1. The van der Waals surface area contributed by atoms with Crippen molar-refractivity contribution in [2.24, 2.45) is 0 Å². The van der Waals surface area contributed by atoms with E-state index in [1.165, 1.54) is 11.1 Å². The summed E-state index contributed by atoms with van der Waals surface area (Å²) in [7, 11) is 0. The van der Waals surface area contributed by atoms with Crippen molar-refractivity contribution in [1.29, 1.82) is 0 Å². The molecule has 0 spiro atoms. The molecule has 0 radical (unpaired) electrons. The molecule has 2 heteroatoms. The zero-order valence-electron chi connectivity index (χ0n) is 9.67. The standard InChI is InChI=1S/C13H18O2/c1-10-5-6-11(2)12(9-10)13(3)14-7-4-8-15-13/h5-6,9H,4,7-8H2,1-3H3. The molecule has 82 valence electrons. The average Bonchev–Trinajstić information content (AvgIpc) is 2.23. The van der Waals surface area contributed by atoms with Crippen molar-refractivity contribution in [1.82, 2.24) is 0 Å². The van der Waals surface area contributed by atoms with E-state index in [9.17, 15) is 0 Å². The van der Waals surface area contributed by atoms with Gasteiger partial charge in [-0.2, -0.15) is 0 Å². The highest BCUT2D eigenvalue weighted by atomic mass is 16.7. The van der Waals surface area contributed by atoms with Gasteiger partial charge in [-0.05, 0) is 32.8 Å². The van der Waals surface area contributed by atoms with Crippen molar-refractivity contribution >= 4 is 0 Å². The summed E-state index contributed by atoms with van der Waals surface area (Å²) >= 11 is 0. The second-order valence-electron chi connectivity index (χ2n) is 4.31. The molecule has 1 aromatic carbocycles. The lowest BCUT2D eigenvalue weighted by Gasteiger charge is -2.35. The van der Waals surface area contributed by atoms with Gasteiger partial charge in [-0.15, -0.1) is 0 Å². The smallest absolute Gasteiger partial charge is 0.192 e. The van der Waals surface area contributed by atoms with E-state index >= 15 is 0 Å². The number of hydrogen-bond acceptors (Lipinski definition) is 2. The molecule has 0 atom stereocenters. The van der Waals surface area contributed by atoms with Crippen molar-refractivity contribution < 1.29 is 9.47 Å². The summed E-state index contributed by atoms with van der Waals surface area (Å²) in [5.74, 6) is -0.547. The number of hydrogen-bond donors (Lipinski definition) is 0. The fourth-order valence-corrected chi connectivity index (χ4v) is 2.02. The first-order valence-electron chi connectivity index (χ1n) is 5.47. The average molecular weight is 206 g/mol. The van der Waals surface area contributed by atoms with Crippen LogP contribution in [0.4, 0.5) is 0 Å². The summed E-state index contributed by atoms with van der Waals surface area (Å²) in [6, 6.07) is 6.39. The van der Waals surface area contributed by atoms with Crippen LogP contribution in [0.5, 0.6) is 0 Å². The van der Waals surface area contributed by atoms with E-state index in [0.29, 0.717) is 0 Å². The van der Waals surface area contributed by atoms with Gasteiger partial charge in [0.2, 0.25) is 0 Å². The fraction of sp³-hybridized carbons (Fsp3) is 0.538. The van der Waals surface area contributed by atoms with E-state index in [-0.39, 0.29) is 0 Å². The molecular formula is C13H18O2. The van der Waals surface area contributed by atoms with Gasteiger partial charge in [0, 0.05) is 5.56 Å². The fourth-order valence-electron chi connectivity index (χ4n) is 2.02. The molecule has 0 saturated carbocycles. The Morgan fingerprint density at radius 3 is 2.47 bits per heavy atom. The SMILES string of the molecule is Cc1ccc(C)c(C2(C)OCCCO2)c1. The third-order valence-electron chi connectivity index (χ3n) is 2.93. The minimum absolute atomic E-state index is 0.547. The highest BCUT2D eigenvalue weighted by molar-refractivity contribution is 5.33. The minimum Gasteiger partial charge on any atom is -0.346 e. The number of aryl methyl sites for hydroxylation is 2. The lowest BCUT2D eigenvalue weighted by molar-refractivity contribution is -0.265. The van der Waals surface area contributed by atoms with Crippen LogP contribution < -0.4 is 0 Å². The Labute approximate surface area is 91.2 Å². The van der Waals surface area contributed by atoms with Crippen LogP contribution in [0.1, 0.15) is 30.0 Å². The highest BCUT2D eigenvalue weighted by Gasteiger charge is 2.32. The molecule has 0 aromatic heterocycles. The third-order valence-corrected chi connectivity index (χ3v) is 2.93. The summed E-state index contributed by atoms with van der Waals surface area (Å²) in [5.41, 5.74) is 3.63. The van der Waals surface area contributed by atoms with Crippen molar-refractivity contribution in [3.63, 3.8) is 0 Å². The van der Waals surface area contributed by atoms with Gasteiger partial charge in [0.25, 0.3) is 0 Å². The van der Waals surface area contributed by atoms with Crippen LogP contribution in [0.2, 0.25) is 0 Å². The Hall–Kier alpha value is -0.860. The number of ether oxygens (including phenoxy) is 2. The Morgan fingerprint density at radius 1 is 1.13 bits per heavy atom. The highest BCUT2D eigenvalue weighted by Crippen LogP contribution is 2.32. The summed E-state index contributed by atoms with van der Waals surface area (Å²) < 4.78 is 11.5. The Morgan fingerprint density at radius 2 is 1.80 bits per heavy atom. The second-order valence-corrected chi connectivity index (χ2v) is 4.31. The zero-order valence-corrected chi connectivity index (χ0v) is 9.67. The molecule has 0 bridgehead atoms. The zero-order chi connectivity index (χ0) is 10.9. The van der Waals surface area contributed by atoms with Crippen LogP contribution in [0.25, 0.3) is 0 Å². The predicted molar refractivity (Wildman–Crippen MR) is 59.8 cm³/mol. The molecule has 0 unspecified atom stereocenters. The topological polar surface area (TPSA) is 18.5 Å². The van der Waals surface area contributed by atoms with Crippen molar-refractivity contribution in [3.05, 3.63) is 34.9 Å². The maximum Gasteiger partial charge on any atom is 0.192 e. The van der Waals surface area contributed by atoms with Gasteiger partial charge in [-0.25, -0.2) is 0 Å². The molecule has 15 heavy (non-hydrogen) atoms. The quantitative estimate of drug-likeness (QED) is 0.703. The minimum atomic E-state index is -0.547. The van der Waals surface area contributed by atoms with Crippen LogP contribution in [-0.2, 0) is 15.3 Å². The van der Waals surface area contributed by atoms with E-state index in [1.807, 2.05) is 6.92 Å². The van der Waals surface area contributed by atoms with Crippen LogP contribution in [0, 0.1) is 13.8 Å². The molecule has 2 rings (SSSR count). The van der Waals surface area contributed by atoms with Gasteiger partial charge in [0.1, 0.15) is 0 Å². The van der Waals surface area contributed by atoms with Gasteiger partial charge in [-0.1, -0.05) is 23.8 Å². The van der Waals surface area contributed by atoms with Crippen LogP contribution in [0.3, 0.4) is 0 Å². The largest absolute Gasteiger partial charge is 0.346 e. The maximum absolute atomic E-state index is 5.77. The van der Waals surface area contributed by atoms with Gasteiger partial charge < -0.3 is 9.47 Å². The van der Waals surface area contributed by atoms with Crippen LogP contribution >= 0.6 is 0 Å². The summed E-state index contributed by atoms with van der Waals surface area (Å²) in [5, 5.41) is 0. The van der Waals surface area contributed by atoms with Gasteiger partial charge in [0.15, 0.2) is 5.79 Å². The number of rotatable bonds is 1. The molecule has 0 N–H and O–H groups in total. The lowest BCUT2D eigenvalue weighted by atomic mass is 9.98. The van der Waals surface area contributed by atoms with E-state index in [2.05, 4.69) is 32.0 Å². The van der Waals surface area contributed by atoms with Crippen molar-refractivity contribution in [2.75, 3.05) is 13.2 Å². The molecule has 1 fully saturated rings.